The Balaban J connectivity index is 1.92. The fourth-order valence-corrected chi connectivity index (χ4v) is 2.26. The van der Waals surface area contributed by atoms with Crippen molar-refractivity contribution in [3.8, 4) is 0 Å². The zero-order valence-electron chi connectivity index (χ0n) is 11.7. The molecule has 1 unspecified atom stereocenters. The Hall–Kier alpha value is -1.68. The number of amides is 1. The number of carbonyl (C=O) groups is 1. The lowest BCUT2D eigenvalue weighted by Crippen LogP contribution is -2.36. The molecule has 1 fully saturated rings. The van der Waals surface area contributed by atoms with Crippen LogP contribution in [-0.2, 0) is 9.53 Å². The highest BCUT2D eigenvalue weighted by atomic mass is 19.1. The van der Waals surface area contributed by atoms with Crippen LogP contribution in [0.15, 0.2) is 30.3 Å². The molecule has 1 aliphatic rings. The Morgan fingerprint density at radius 2 is 2.20 bits per heavy atom. The van der Waals surface area contributed by atoms with Crippen LogP contribution in [0.5, 0.6) is 0 Å². The molecule has 0 aliphatic carbocycles. The van der Waals surface area contributed by atoms with E-state index in [0.29, 0.717) is 13.1 Å². The van der Waals surface area contributed by atoms with Crippen LogP contribution in [0.3, 0.4) is 0 Å². The summed E-state index contributed by atoms with van der Waals surface area (Å²) in [7, 11) is 0. The Bertz CT molecular complexity index is 464. The molecule has 20 heavy (non-hydrogen) atoms. The van der Waals surface area contributed by atoms with E-state index in [1.807, 2.05) is 6.92 Å². The predicted molar refractivity (Wildman–Crippen MR) is 76.7 cm³/mol. The first kappa shape index (κ1) is 14.7. The number of nitrogens with zero attached hydrogens (tertiary/aromatic N) is 1. The van der Waals surface area contributed by atoms with Gasteiger partial charge >= 0.3 is 0 Å². The zero-order chi connectivity index (χ0) is 14.4. The molecule has 1 amide bonds. The summed E-state index contributed by atoms with van der Waals surface area (Å²) < 4.78 is 18.3. The Morgan fingerprint density at radius 1 is 1.45 bits per heavy atom. The number of benzene rings is 1. The van der Waals surface area contributed by atoms with Crippen molar-refractivity contribution in [2.45, 2.75) is 25.9 Å². The molecule has 1 heterocycles. The molecule has 108 valence electrons. The van der Waals surface area contributed by atoms with Gasteiger partial charge in [-0.25, -0.2) is 4.39 Å². The molecule has 1 aromatic carbocycles. The fraction of sp³-hybridized carbons (Fsp3) is 0.438. The van der Waals surface area contributed by atoms with Crippen molar-refractivity contribution in [3.05, 3.63) is 41.7 Å². The first-order valence-corrected chi connectivity index (χ1v) is 7.03. The molecule has 0 aromatic heterocycles. The summed E-state index contributed by atoms with van der Waals surface area (Å²) in [5, 5.41) is 0. The van der Waals surface area contributed by atoms with E-state index in [9.17, 15) is 9.18 Å². The van der Waals surface area contributed by atoms with Crippen LogP contribution < -0.4 is 0 Å². The van der Waals surface area contributed by atoms with Gasteiger partial charge < -0.3 is 9.64 Å². The molecule has 3 nitrogen and oxygen atoms in total. The van der Waals surface area contributed by atoms with Crippen LogP contribution in [0.25, 0.3) is 6.08 Å². The summed E-state index contributed by atoms with van der Waals surface area (Å²) in [5.41, 5.74) is 0.813. The van der Waals surface area contributed by atoms with Crippen LogP contribution in [0.4, 0.5) is 4.39 Å². The second-order valence-corrected chi connectivity index (χ2v) is 4.90. The number of halogens is 1. The number of ether oxygens (including phenoxy) is 1. The van der Waals surface area contributed by atoms with Gasteiger partial charge in [-0.15, -0.1) is 0 Å². The van der Waals surface area contributed by atoms with Gasteiger partial charge in [-0.3, -0.25) is 4.79 Å². The van der Waals surface area contributed by atoms with E-state index in [1.165, 1.54) is 18.2 Å². The van der Waals surface area contributed by atoms with Crippen molar-refractivity contribution in [1.82, 2.24) is 4.90 Å². The van der Waals surface area contributed by atoms with Crippen molar-refractivity contribution in [1.29, 1.82) is 0 Å². The van der Waals surface area contributed by atoms with E-state index in [4.69, 9.17) is 4.74 Å². The molecule has 1 aliphatic heterocycles. The van der Waals surface area contributed by atoms with Crippen molar-refractivity contribution in [3.63, 3.8) is 0 Å². The van der Waals surface area contributed by atoms with Crippen LogP contribution >= 0.6 is 0 Å². The molecule has 4 heteroatoms. The predicted octanol–water partition coefficient (Wildman–Crippen LogP) is 2.87. The standard InChI is InChI=1S/C16H20FNO2/c1-2-18(12-15-4-3-11-20-15)16(19)10-7-13-5-8-14(17)9-6-13/h5-10,15H,2-4,11-12H2,1H3/b10-7+. The number of hydrogen-bond donors (Lipinski definition) is 0. The summed E-state index contributed by atoms with van der Waals surface area (Å²) >= 11 is 0. The van der Waals surface area contributed by atoms with Gasteiger partial charge in [0.05, 0.1) is 6.10 Å². The summed E-state index contributed by atoms with van der Waals surface area (Å²) in [6, 6.07) is 6.06. The van der Waals surface area contributed by atoms with Crippen LogP contribution in [0.1, 0.15) is 25.3 Å². The van der Waals surface area contributed by atoms with E-state index in [0.717, 1.165) is 25.0 Å². The van der Waals surface area contributed by atoms with Gasteiger partial charge in [0.1, 0.15) is 5.82 Å². The Morgan fingerprint density at radius 3 is 2.80 bits per heavy atom. The third-order valence-corrected chi connectivity index (χ3v) is 3.43. The lowest BCUT2D eigenvalue weighted by Gasteiger charge is -2.22. The number of rotatable bonds is 5. The zero-order valence-corrected chi connectivity index (χ0v) is 11.7. The summed E-state index contributed by atoms with van der Waals surface area (Å²) in [5.74, 6) is -0.311. The molecule has 0 N–H and O–H groups in total. The van der Waals surface area contributed by atoms with Crippen LogP contribution in [0.2, 0.25) is 0 Å². The molecule has 1 aromatic rings. The molecular weight excluding hydrogens is 257 g/mol. The third kappa shape index (κ3) is 4.17. The molecule has 1 saturated heterocycles. The lowest BCUT2D eigenvalue weighted by atomic mass is 10.2. The molecule has 2 rings (SSSR count). The highest BCUT2D eigenvalue weighted by Gasteiger charge is 2.20. The quantitative estimate of drug-likeness (QED) is 0.775. The maximum absolute atomic E-state index is 12.8. The van der Waals surface area contributed by atoms with Gasteiger partial charge in [-0.2, -0.15) is 0 Å². The SMILES string of the molecule is CCN(CC1CCCO1)C(=O)/C=C/c1ccc(F)cc1. The molecule has 0 saturated carbocycles. The van der Waals surface area contributed by atoms with Gasteiger partial charge in [0.2, 0.25) is 5.91 Å². The average molecular weight is 277 g/mol. The van der Waals surface area contributed by atoms with Gasteiger partial charge in [-0.1, -0.05) is 12.1 Å². The van der Waals surface area contributed by atoms with E-state index >= 15 is 0 Å². The maximum Gasteiger partial charge on any atom is 0.246 e. The lowest BCUT2D eigenvalue weighted by molar-refractivity contribution is -0.127. The monoisotopic (exact) mass is 277 g/mol. The average Bonchev–Trinajstić information content (AvgIpc) is 2.97. The fourth-order valence-electron chi connectivity index (χ4n) is 2.26. The first-order valence-electron chi connectivity index (χ1n) is 7.03. The topological polar surface area (TPSA) is 29.5 Å². The first-order chi connectivity index (χ1) is 9.69. The Labute approximate surface area is 119 Å². The van der Waals surface area contributed by atoms with Crippen molar-refractivity contribution < 1.29 is 13.9 Å². The summed E-state index contributed by atoms with van der Waals surface area (Å²) in [4.78, 5) is 13.9. The van der Waals surface area contributed by atoms with Crippen LogP contribution in [0, 0.1) is 5.82 Å². The highest BCUT2D eigenvalue weighted by Crippen LogP contribution is 2.13. The van der Waals surface area contributed by atoms with Gasteiger partial charge in [-0.05, 0) is 43.5 Å². The van der Waals surface area contributed by atoms with Crippen LogP contribution in [-0.4, -0.2) is 36.6 Å². The minimum atomic E-state index is -0.276. The molecular formula is C16H20FNO2. The minimum absolute atomic E-state index is 0.0349. The van der Waals surface area contributed by atoms with Gasteiger partial charge in [0.15, 0.2) is 0 Å². The second-order valence-electron chi connectivity index (χ2n) is 4.90. The van der Waals surface area contributed by atoms with Gasteiger partial charge in [0, 0.05) is 25.8 Å². The molecule has 0 radical (unpaired) electrons. The third-order valence-electron chi connectivity index (χ3n) is 3.43. The molecule has 0 bridgehead atoms. The van der Waals surface area contributed by atoms with E-state index < -0.39 is 0 Å². The second kappa shape index (κ2) is 7.20. The normalized spacial score (nSPS) is 18.6. The van der Waals surface area contributed by atoms with E-state index in [1.54, 1.807) is 23.1 Å². The Kier molecular flexibility index (Phi) is 5.30. The van der Waals surface area contributed by atoms with Crippen molar-refractivity contribution >= 4 is 12.0 Å². The van der Waals surface area contributed by atoms with E-state index in [-0.39, 0.29) is 17.8 Å². The molecule has 1 atom stereocenters. The number of likely N-dealkylation sites (N-methyl/N-ethyl adjacent to an activating group) is 1. The summed E-state index contributed by atoms with van der Waals surface area (Å²) in [6.07, 6.45) is 5.50. The largest absolute Gasteiger partial charge is 0.376 e. The van der Waals surface area contributed by atoms with E-state index in [2.05, 4.69) is 0 Å². The minimum Gasteiger partial charge on any atom is -0.376 e. The summed E-state index contributed by atoms with van der Waals surface area (Å²) in [6.45, 7) is 4.05. The molecule has 0 spiro atoms. The smallest absolute Gasteiger partial charge is 0.246 e. The maximum atomic E-state index is 12.8. The number of carbonyl (C=O) groups excluding carboxylic acids is 1. The highest BCUT2D eigenvalue weighted by molar-refractivity contribution is 5.91. The van der Waals surface area contributed by atoms with Crippen molar-refractivity contribution in [2.24, 2.45) is 0 Å². The number of hydrogen-bond acceptors (Lipinski definition) is 2. The van der Waals surface area contributed by atoms with Crippen molar-refractivity contribution in [2.75, 3.05) is 19.7 Å². The van der Waals surface area contributed by atoms with Gasteiger partial charge in [0.25, 0.3) is 0 Å².